The summed E-state index contributed by atoms with van der Waals surface area (Å²) in [5, 5.41) is 24.1. The van der Waals surface area contributed by atoms with Gasteiger partial charge in [-0.3, -0.25) is 0 Å². The molecule has 12 heteroatoms. The molecule has 0 unspecified atom stereocenters. The number of anilines is 1. The van der Waals surface area contributed by atoms with Gasteiger partial charge in [0.2, 0.25) is 5.95 Å². The van der Waals surface area contributed by atoms with Crippen LogP contribution in [0.5, 0.6) is 5.75 Å². The maximum Gasteiger partial charge on any atom is 0.416 e. The second-order valence-corrected chi connectivity index (χ2v) is 9.17. The van der Waals surface area contributed by atoms with Gasteiger partial charge < -0.3 is 25.2 Å². The van der Waals surface area contributed by atoms with Crippen LogP contribution in [-0.2, 0) is 15.7 Å². The Morgan fingerprint density at radius 2 is 1.88 bits per heavy atom. The summed E-state index contributed by atoms with van der Waals surface area (Å²) in [4.78, 5) is 16.7. The normalized spacial score (nSPS) is 16.1. The molecule has 1 fully saturated rings. The number of hydrogen-bond donors (Lipinski definition) is 3. The number of aromatic hydroxyl groups is 1. The van der Waals surface area contributed by atoms with E-state index in [-0.39, 0.29) is 23.8 Å². The second-order valence-electron chi connectivity index (χ2n) is 9.17. The minimum atomic E-state index is -4.57. The molecule has 1 aliphatic heterocycles. The number of amides is 1. The zero-order valence-corrected chi connectivity index (χ0v) is 19.4. The Kier molecular flexibility index (Phi) is 7.20. The highest BCUT2D eigenvalue weighted by molar-refractivity contribution is 5.70. The summed E-state index contributed by atoms with van der Waals surface area (Å²) in [5.41, 5.74) is -1.66. The third kappa shape index (κ3) is 6.46. The first kappa shape index (κ1) is 25.5. The lowest BCUT2D eigenvalue weighted by Gasteiger charge is -2.38. The van der Waals surface area contributed by atoms with Crippen LogP contribution in [0.4, 0.5) is 23.9 Å². The zero-order valence-electron chi connectivity index (χ0n) is 19.4. The average Bonchev–Trinajstić information content (AvgIpc) is 2.71. The number of phenolic OH excluding ortho intramolecular Hbond substituents is 1. The van der Waals surface area contributed by atoms with Crippen molar-refractivity contribution >= 4 is 12.0 Å². The van der Waals surface area contributed by atoms with E-state index >= 15 is 0 Å². The molecule has 1 saturated heterocycles. The number of aryl methyl sites for hydroxylation is 1. The van der Waals surface area contributed by atoms with Crippen LogP contribution in [0.2, 0.25) is 0 Å². The average molecular weight is 483 g/mol. The molecule has 9 nitrogen and oxygen atoms in total. The van der Waals surface area contributed by atoms with Crippen LogP contribution in [0.1, 0.15) is 44.9 Å². The Morgan fingerprint density at radius 1 is 1.21 bits per heavy atom. The smallest absolute Gasteiger partial charge is 0.416 e. The topological polar surface area (TPSA) is 118 Å². The number of halogens is 3. The lowest BCUT2D eigenvalue weighted by atomic mass is 9.90. The summed E-state index contributed by atoms with van der Waals surface area (Å²) in [6.45, 7) is 8.14. The molecule has 1 amide bonds. The van der Waals surface area contributed by atoms with Crippen molar-refractivity contribution in [2.24, 2.45) is 0 Å². The number of rotatable bonds is 5. The summed E-state index contributed by atoms with van der Waals surface area (Å²) in [5.74, 6) is -0.401. The number of alkyl halides is 3. The number of nitrogens with zero attached hydrogens (tertiary/aromatic N) is 3. The molecule has 1 aromatic heterocycles. The van der Waals surface area contributed by atoms with Crippen molar-refractivity contribution in [3.05, 3.63) is 29.5 Å². The Morgan fingerprint density at radius 3 is 2.44 bits per heavy atom. The van der Waals surface area contributed by atoms with Crippen LogP contribution in [-0.4, -0.2) is 57.3 Å². The summed E-state index contributed by atoms with van der Waals surface area (Å²) in [6, 6.07) is 2.63. The zero-order chi connectivity index (χ0) is 25.1. The van der Waals surface area contributed by atoms with Gasteiger partial charge in [0, 0.05) is 25.3 Å². The first-order chi connectivity index (χ1) is 15.8. The molecule has 0 bridgehead atoms. The maximum atomic E-state index is 12.9. The fraction of sp³-hybridized carbons (Fsp3) is 0.545. The predicted octanol–water partition coefficient (Wildman–Crippen LogP) is 4.06. The Balaban J connectivity index is 1.75. The van der Waals surface area contributed by atoms with Gasteiger partial charge in [0.1, 0.15) is 17.0 Å². The third-order valence-corrected chi connectivity index (χ3v) is 5.24. The Labute approximate surface area is 195 Å². The highest BCUT2D eigenvalue weighted by Crippen LogP contribution is 2.36. The number of carbonyl (C=O) groups is 1. The predicted molar refractivity (Wildman–Crippen MR) is 117 cm³/mol. The molecule has 0 spiro atoms. The van der Waals surface area contributed by atoms with E-state index in [1.165, 1.54) is 0 Å². The summed E-state index contributed by atoms with van der Waals surface area (Å²) in [7, 11) is 0. The van der Waals surface area contributed by atoms with Crippen LogP contribution in [0, 0.1) is 6.92 Å². The van der Waals surface area contributed by atoms with Gasteiger partial charge in [-0.05, 0) is 58.7 Å². The van der Waals surface area contributed by atoms with Gasteiger partial charge in [0.15, 0.2) is 0 Å². The number of benzene rings is 1. The molecule has 0 aliphatic carbocycles. The van der Waals surface area contributed by atoms with Gasteiger partial charge in [-0.1, -0.05) is 0 Å². The standard InChI is InChI=1S/C22H28F3N5O4/c1-13-17(15-6-5-14(11-16(15)31)22(23,24)25)29-30-18(27-13)26-12-21(7-9-33-10-8-21)28-19(32)34-20(2,3)4/h5-6,11,31H,7-10,12H2,1-4H3,(H,28,32)(H,26,27,30). The van der Waals surface area contributed by atoms with E-state index in [1.54, 1.807) is 27.7 Å². The molecule has 0 atom stereocenters. The van der Waals surface area contributed by atoms with Crippen molar-refractivity contribution in [2.45, 2.75) is 57.9 Å². The molecule has 186 valence electrons. The fourth-order valence-electron chi connectivity index (χ4n) is 3.51. The number of alkyl carbamates (subject to hydrolysis) is 1. The van der Waals surface area contributed by atoms with E-state index in [0.29, 0.717) is 37.8 Å². The van der Waals surface area contributed by atoms with Crippen molar-refractivity contribution in [1.82, 2.24) is 20.5 Å². The fourth-order valence-corrected chi connectivity index (χ4v) is 3.51. The molecular formula is C22H28F3N5O4. The highest BCUT2D eigenvalue weighted by Gasteiger charge is 2.36. The molecule has 34 heavy (non-hydrogen) atoms. The molecule has 3 N–H and O–H groups in total. The van der Waals surface area contributed by atoms with E-state index in [1.807, 2.05) is 0 Å². The van der Waals surface area contributed by atoms with Crippen LogP contribution in [0.15, 0.2) is 18.2 Å². The molecule has 2 heterocycles. The van der Waals surface area contributed by atoms with Gasteiger partial charge in [0.05, 0.1) is 16.8 Å². The van der Waals surface area contributed by atoms with Crippen LogP contribution in [0.25, 0.3) is 11.3 Å². The van der Waals surface area contributed by atoms with E-state index < -0.39 is 34.7 Å². The van der Waals surface area contributed by atoms with Gasteiger partial charge in [0.25, 0.3) is 0 Å². The molecule has 3 rings (SSSR count). The van der Waals surface area contributed by atoms with Crippen molar-refractivity contribution < 1.29 is 32.5 Å². The number of nitrogens with one attached hydrogen (secondary N) is 2. The SMILES string of the molecule is Cc1nc(NCC2(NC(=O)OC(C)(C)C)CCOCC2)nnc1-c1ccc(C(F)(F)F)cc1O. The van der Waals surface area contributed by atoms with E-state index in [2.05, 4.69) is 25.8 Å². The monoisotopic (exact) mass is 483 g/mol. The summed E-state index contributed by atoms with van der Waals surface area (Å²) >= 11 is 0. The molecule has 2 aromatic rings. The van der Waals surface area contributed by atoms with Crippen LogP contribution < -0.4 is 10.6 Å². The lowest BCUT2D eigenvalue weighted by Crippen LogP contribution is -2.57. The Bertz CT molecular complexity index is 1030. The van der Waals surface area contributed by atoms with Crippen molar-refractivity contribution in [2.75, 3.05) is 25.1 Å². The molecule has 1 aromatic carbocycles. The Hall–Kier alpha value is -3.15. The highest BCUT2D eigenvalue weighted by atomic mass is 19.4. The van der Waals surface area contributed by atoms with Gasteiger partial charge in [-0.25, -0.2) is 9.78 Å². The number of aromatic nitrogens is 3. The first-order valence-electron chi connectivity index (χ1n) is 10.7. The molecular weight excluding hydrogens is 455 g/mol. The van der Waals surface area contributed by atoms with Crippen LogP contribution >= 0.6 is 0 Å². The van der Waals surface area contributed by atoms with Crippen LogP contribution in [0.3, 0.4) is 0 Å². The second kappa shape index (κ2) is 9.61. The van der Waals surface area contributed by atoms with Crippen molar-refractivity contribution in [3.8, 4) is 17.0 Å². The third-order valence-electron chi connectivity index (χ3n) is 5.24. The minimum absolute atomic E-state index is 0.0875. The summed E-state index contributed by atoms with van der Waals surface area (Å²) < 4.78 is 49.4. The number of ether oxygens (including phenoxy) is 2. The molecule has 0 saturated carbocycles. The molecule has 1 aliphatic rings. The van der Waals surface area contributed by atoms with E-state index in [9.17, 15) is 23.1 Å². The number of carbonyl (C=O) groups excluding carboxylic acids is 1. The number of phenols is 1. The number of hydrogen-bond acceptors (Lipinski definition) is 8. The maximum absolute atomic E-state index is 12.9. The quantitative estimate of drug-likeness (QED) is 0.583. The van der Waals surface area contributed by atoms with Gasteiger partial charge >= 0.3 is 12.3 Å². The van der Waals surface area contributed by atoms with Gasteiger partial charge in [-0.15, -0.1) is 10.2 Å². The van der Waals surface area contributed by atoms with Gasteiger partial charge in [-0.2, -0.15) is 13.2 Å². The van der Waals surface area contributed by atoms with E-state index in [0.717, 1.165) is 12.1 Å². The largest absolute Gasteiger partial charge is 0.507 e. The lowest BCUT2D eigenvalue weighted by molar-refractivity contribution is -0.137. The van der Waals surface area contributed by atoms with Crippen molar-refractivity contribution in [3.63, 3.8) is 0 Å². The molecule has 0 radical (unpaired) electrons. The minimum Gasteiger partial charge on any atom is -0.507 e. The summed E-state index contributed by atoms with van der Waals surface area (Å²) in [6.07, 6.45) is -4.03. The van der Waals surface area contributed by atoms with Crippen molar-refractivity contribution in [1.29, 1.82) is 0 Å². The van der Waals surface area contributed by atoms with E-state index in [4.69, 9.17) is 9.47 Å². The first-order valence-corrected chi connectivity index (χ1v) is 10.7.